The van der Waals surface area contributed by atoms with E-state index in [1.165, 1.54) is 0 Å². The van der Waals surface area contributed by atoms with E-state index < -0.39 is 6.09 Å². The van der Waals surface area contributed by atoms with Gasteiger partial charge in [0.25, 0.3) is 0 Å². The second kappa shape index (κ2) is 7.13. The molecule has 2 rings (SSSR count). The highest BCUT2D eigenvalue weighted by molar-refractivity contribution is 5.84. The molecule has 0 aliphatic carbocycles. The Bertz CT molecular complexity index is 541. The van der Waals surface area contributed by atoms with Crippen molar-refractivity contribution in [2.45, 2.75) is 13.5 Å². The topological polar surface area (TPSA) is 63.2 Å². The molecule has 5 nitrogen and oxygen atoms in total. The molecule has 0 saturated heterocycles. The molecule has 20 heavy (non-hydrogen) atoms. The molecule has 5 heteroatoms. The van der Waals surface area contributed by atoms with Gasteiger partial charge in [0, 0.05) is 30.3 Å². The van der Waals surface area contributed by atoms with Gasteiger partial charge in [0.05, 0.1) is 6.61 Å². The summed E-state index contributed by atoms with van der Waals surface area (Å²) in [6, 6.07) is 11.4. The van der Waals surface area contributed by atoms with E-state index in [0.29, 0.717) is 12.3 Å². The van der Waals surface area contributed by atoms with Gasteiger partial charge in [-0.2, -0.15) is 0 Å². The molecular formula is C15H17N3O2. The summed E-state index contributed by atoms with van der Waals surface area (Å²) >= 11 is 0. The minimum absolute atomic E-state index is 0.359. The highest BCUT2D eigenvalue weighted by Crippen LogP contribution is 2.14. The summed E-state index contributed by atoms with van der Waals surface area (Å²) in [5.74, 6) is 0. The predicted molar refractivity (Wildman–Crippen MR) is 78.7 cm³/mol. The third-order valence-electron chi connectivity index (χ3n) is 2.65. The molecule has 1 heterocycles. The Kier molecular flexibility index (Phi) is 4.94. The minimum atomic E-state index is -0.440. The standard InChI is InChI=1S/C15H17N3O2/c1-2-20-15(19)18-14-5-3-13(4-6-14)17-11-12-7-9-16-10-8-12/h3-10,17H,2,11H2,1H3,(H,18,19). The Morgan fingerprint density at radius 3 is 2.40 bits per heavy atom. The van der Waals surface area contributed by atoms with E-state index in [4.69, 9.17) is 4.74 Å². The van der Waals surface area contributed by atoms with E-state index in [9.17, 15) is 4.79 Å². The monoisotopic (exact) mass is 271 g/mol. The van der Waals surface area contributed by atoms with Crippen molar-refractivity contribution in [2.75, 3.05) is 17.2 Å². The molecule has 0 fully saturated rings. The first-order valence-corrected chi connectivity index (χ1v) is 6.44. The Balaban J connectivity index is 1.87. The number of pyridine rings is 1. The van der Waals surface area contributed by atoms with Crippen molar-refractivity contribution < 1.29 is 9.53 Å². The lowest BCUT2D eigenvalue weighted by molar-refractivity contribution is 0.168. The van der Waals surface area contributed by atoms with Crippen LogP contribution < -0.4 is 10.6 Å². The van der Waals surface area contributed by atoms with Gasteiger partial charge in [-0.3, -0.25) is 10.3 Å². The molecule has 2 N–H and O–H groups in total. The van der Waals surface area contributed by atoms with E-state index in [1.807, 2.05) is 36.4 Å². The molecule has 0 spiro atoms. The van der Waals surface area contributed by atoms with Gasteiger partial charge in [0.2, 0.25) is 0 Å². The lowest BCUT2D eigenvalue weighted by atomic mass is 10.2. The van der Waals surface area contributed by atoms with Crippen LogP contribution in [0.5, 0.6) is 0 Å². The smallest absolute Gasteiger partial charge is 0.411 e. The van der Waals surface area contributed by atoms with Crippen LogP contribution in [-0.4, -0.2) is 17.7 Å². The number of carbonyl (C=O) groups is 1. The van der Waals surface area contributed by atoms with Crippen LogP contribution in [0.4, 0.5) is 16.2 Å². The van der Waals surface area contributed by atoms with E-state index in [2.05, 4.69) is 15.6 Å². The number of ether oxygens (including phenoxy) is 1. The number of nitrogens with one attached hydrogen (secondary N) is 2. The number of hydrogen-bond acceptors (Lipinski definition) is 4. The van der Waals surface area contributed by atoms with Gasteiger partial charge < -0.3 is 10.1 Å². The molecular weight excluding hydrogens is 254 g/mol. The number of benzene rings is 1. The average Bonchev–Trinajstić information content (AvgIpc) is 2.48. The van der Waals surface area contributed by atoms with E-state index in [-0.39, 0.29) is 0 Å². The highest BCUT2D eigenvalue weighted by atomic mass is 16.5. The van der Waals surface area contributed by atoms with Crippen LogP contribution in [0.1, 0.15) is 12.5 Å². The first-order chi connectivity index (χ1) is 9.78. The van der Waals surface area contributed by atoms with Gasteiger partial charge in [0.15, 0.2) is 0 Å². The SMILES string of the molecule is CCOC(=O)Nc1ccc(NCc2ccncc2)cc1. The zero-order chi connectivity index (χ0) is 14.2. The van der Waals surface area contributed by atoms with Crippen LogP contribution >= 0.6 is 0 Å². The van der Waals surface area contributed by atoms with Crippen molar-refractivity contribution in [3.8, 4) is 0 Å². The third-order valence-corrected chi connectivity index (χ3v) is 2.65. The van der Waals surface area contributed by atoms with Crippen LogP contribution in [0.15, 0.2) is 48.8 Å². The zero-order valence-corrected chi connectivity index (χ0v) is 11.3. The van der Waals surface area contributed by atoms with Gasteiger partial charge in [-0.1, -0.05) is 0 Å². The summed E-state index contributed by atoms with van der Waals surface area (Å²) in [5, 5.41) is 5.94. The van der Waals surface area contributed by atoms with Crippen molar-refractivity contribution in [3.63, 3.8) is 0 Å². The predicted octanol–water partition coefficient (Wildman–Crippen LogP) is 3.26. The maximum atomic E-state index is 11.3. The molecule has 1 aromatic heterocycles. The second-order valence-corrected chi connectivity index (χ2v) is 4.13. The molecule has 0 radical (unpaired) electrons. The summed E-state index contributed by atoms with van der Waals surface area (Å²) in [7, 11) is 0. The van der Waals surface area contributed by atoms with Gasteiger partial charge in [-0.25, -0.2) is 4.79 Å². The number of anilines is 2. The van der Waals surface area contributed by atoms with Gasteiger partial charge >= 0.3 is 6.09 Å². The fraction of sp³-hybridized carbons (Fsp3) is 0.200. The molecule has 0 unspecified atom stereocenters. The van der Waals surface area contributed by atoms with E-state index >= 15 is 0 Å². The number of carbonyl (C=O) groups excluding carboxylic acids is 1. The molecule has 0 bridgehead atoms. The van der Waals surface area contributed by atoms with Crippen molar-refractivity contribution in [3.05, 3.63) is 54.4 Å². The van der Waals surface area contributed by atoms with Crippen molar-refractivity contribution in [2.24, 2.45) is 0 Å². The highest BCUT2D eigenvalue weighted by Gasteiger charge is 2.01. The first-order valence-electron chi connectivity index (χ1n) is 6.44. The quantitative estimate of drug-likeness (QED) is 0.876. The fourth-order valence-corrected chi connectivity index (χ4v) is 1.66. The Morgan fingerprint density at radius 1 is 1.10 bits per heavy atom. The summed E-state index contributed by atoms with van der Waals surface area (Å²) in [5.41, 5.74) is 2.85. The van der Waals surface area contributed by atoms with Crippen LogP contribution in [0.3, 0.4) is 0 Å². The zero-order valence-electron chi connectivity index (χ0n) is 11.3. The first kappa shape index (κ1) is 13.9. The van der Waals surface area contributed by atoms with Crippen LogP contribution in [0.25, 0.3) is 0 Å². The molecule has 0 aliphatic rings. The summed E-state index contributed by atoms with van der Waals surface area (Å²) in [6.07, 6.45) is 3.09. The lowest BCUT2D eigenvalue weighted by Gasteiger charge is -2.08. The Morgan fingerprint density at radius 2 is 1.75 bits per heavy atom. The summed E-state index contributed by atoms with van der Waals surface area (Å²) < 4.78 is 4.81. The molecule has 1 amide bonds. The maximum Gasteiger partial charge on any atom is 0.411 e. The molecule has 0 aliphatic heterocycles. The number of nitrogens with zero attached hydrogens (tertiary/aromatic N) is 1. The van der Waals surface area contributed by atoms with Crippen molar-refractivity contribution in [1.82, 2.24) is 4.98 Å². The number of hydrogen-bond donors (Lipinski definition) is 2. The summed E-state index contributed by atoms with van der Waals surface area (Å²) in [4.78, 5) is 15.2. The normalized spacial score (nSPS) is 9.85. The lowest BCUT2D eigenvalue weighted by Crippen LogP contribution is -2.13. The van der Waals surface area contributed by atoms with Crippen molar-refractivity contribution in [1.29, 1.82) is 0 Å². The van der Waals surface area contributed by atoms with Crippen LogP contribution in [0, 0.1) is 0 Å². The third kappa shape index (κ3) is 4.28. The second-order valence-electron chi connectivity index (χ2n) is 4.13. The molecule has 0 saturated carbocycles. The summed E-state index contributed by atoms with van der Waals surface area (Å²) in [6.45, 7) is 2.86. The minimum Gasteiger partial charge on any atom is -0.450 e. The van der Waals surface area contributed by atoms with Gasteiger partial charge in [-0.15, -0.1) is 0 Å². The maximum absolute atomic E-state index is 11.3. The van der Waals surface area contributed by atoms with Crippen LogP contribution in [0.2, 0.25) is 0 Å². The number of rotatable bonds is 5. The molecule has 1 aromatic carbocycles. The Labute approximate surface area is 118 Å². The Hall–Kier alpha value is -2.56. The molecule has 0 atom stereocenters. The number of aromatic nitrogens is 1. The van der Waals surface area contributed by atoms with Gasteiger partial charge in [0.1, 0.15) is 0 Å². The molecule has 2 aromatic rings. The van der Waals surface area contributed by atoms with E-state index in [1.54, 1.807) is 19.3 Å². The van der Waals surface area contributed by atoms with Crippen molar-refractivity contribution >= 4 is 17.5 Å². The average molecular weight is 271 g/mol. The molecule has 104 valence electrons. The largest absolute Gasteiger partial charge is 0.450 e. The van der Waals surface area contributed by atoms with Crippen LogP contribution in [-0.2, 0) is 11.3 Å². The van der Waals surface area contributed by atoms with Gasteiger partial charge in [-0.05, 0) is 48.9 Å². The fourth-order valence-electron chi connectivity index (χ4n) is 1.66. The number of amides is 1. The van der Waals surface area contributed by atoms with E-state index in [0.717, 1.165) is 17.8 Å².